The summed E-state index contributed by atoms with van der Waals surface area (Å²) in [7, 11) is 0. The third kappa shape index (κ3) is 4.67. The minimum absolute atomic E-state index is 0.0207. The van der Waals surface area contributed by atoms with E-state index in [0.29, 0.717) is 5.92 Å². The molecule has 5 rings (SSSR count). The molecule has 0 radical (unpaired) electrons. The van der Waals surface area contributed by atoms with E-state index in [1.54, 1.807) is 12.4 Å². The summed E-state index contributed by atoms with van der Waals surface area (Å²) in [5, 5.41) is 5.43. The first-order valence-electron chi connectivity index (χ1n) is 11.5. The third-order valence-electron chi connectivity index (χ3n) is 6.66. The van der Waals surface area contributed by atoms with Crippen molar-refractivity contribution in [3.63, 3.8) is 0 Å². The number of carbonyl (C=O) groups is 1. The normalized spacial score (nSPS) is 18.1. The molecule has 0 atom stereocenters. The maximum Gasteiger partial charge on any atom is 0.321 e. The second-order valence-electron chi connectivity index (χ2n) is 8.75. The zero-order valence-corrected chi connectivity index (χ0v) is 18.4. The Morgan fingerprint density at radius 1 is 0.938 bits per heavy atom. The largest absolute Gasteiger partial charge is 0.354 e. The number of amides is 2. The topological polar surface area (TPSA) is 64.6 Å². The summed E-state index contributed by atoms with van der Waals surface area (Å²) in [6.45, 7) is 6.89. The second-order valence-corrected chi connectivity index (χ2v) is 8.75. The molecule has 4 heterocycles. The van der Waals surface area contributed by atoms with Gasteiger partial charge in [-0.15, -0.1) is 0 Å². The molecule has 2 aliphatic rings. The van der Waals surface area contributed by atoms with E-state index in [-0.39, 0.29) is 6.03 Å². The molecular weight excluding hydrogens is 400 g/mol. The van der Waals surface area contributed by atoms with Crippen molar-refractivity contribution in [2.75, 3.05) is 56.0 Å². The van der Waals surface area contributed by atoms with Crippen LogP contribution < -0.4 is 10.2 Å². The van der Waals surface area contributed by atoms with Gasteiger partial charge in [0.25, 0.3) is 0 Å². The van der Waals surface area contributed by atoms with E-state index in [1.165, 1.54) is 10.8 Å². The molecule has 32 heavy (non-hydrogen) atoms. The predicted octanol–water partition coefficient (Wildman–Crippen LogP) is 3.70. The summed E-state index contributed by atoms with van der Waals surface area (Å²) in [6, 6.07) is 14.3. The highest BCUT2D eigenvalue weighted by Gasteiger charge is 2.26. The molecule has 0 spiro atoms. The number of hydrogen-bond acceptors (Lipinski definition) is 5. The number of aromatic nitrogens is 2. The van der Waals surface area contributed by atoms with Gasteiger partial charge in [0.2, 0.25) is 0 Å². The number of fused-ring (bicyclic) bond motifs is 1. The van der Waals surface area contributed by atoms with Crippen molar-refractivity contribution in [1.82, 2.24) is 19.8 Å². The number of nitrogens with zero attached hydrogens (tertiary/aromatic N) is 5. The summed E-state index contributed by atoms with van der Waals surface area (Å²) in [6.07, 6.45) is 7.43. The predicted molar refractivity (Wildman–Crippen MR) is 128 cm³/mol. The molecule has 3 aromatic rings. The summed E-state index contributed by atoms with van der Waals surface area (Å²) < 4.78 is 0. The van der Waals surface area contributed by atoms with Crippen LogP contribution in [0.25, 0.3) is 10.8 Å². The summed E-state index contributed by atoms with van der Waals surface area (Å²) in [5.41, 5.74) is 0.748. The van der Waals surface area contributed by atoms with E-state index < -0.39 is 0 Å². The molecule has 2 saturated heterocycles. The molecule has 2 aliphatic heterocycles. The smallest absolute Gasteiger partial charge is 0.321 e. The van der Waals surface area contributed by atoms with Crippen molar-refractivity contribution in [1.29, 1.82) is 0 Å². The maximum absolute atomic E-state index is 12.5. The molecular formula is C25H30N6O. The van der Waals surface area contributed by atoms with Gasteiger partial charge in [0.05, 0.1) is 11.9 Å². The lowest BCUT2D eigenvalue weighted by Crippen LogP contribution is -2.49. The molecule has 2 amide bonds. The highest BCUT2D eigenvalue weighted by molar-refractivity contribution is 5.92. The van der Waals surface area contributed by atoms with Crippen molar-refractivity contribution < 1.29 is 4.79 Å². The Kier molecular flexibility index (Phi) is 6.16. The molecule has 2 fully saturated rings. The van der Waals surface area contributed by atoms with Crippen LogP contribution in [-0.2, 0) is 0 Å². The first-order chi connectivity index (χ1) is 15.8. The summed E-state index contributed by atoms with van der Waals surface area (Å²) in [5.74, 6) is 1.76. The zero-order valence-electron chi connectivity index (χ0n) is 18.4. The van der Waals surface area contributed by atoms with Crippen LogP contribution in [-0.4, -0.2) is 71.6 Å². The van der Waals surface area contributed by atoms with Crippen LogP contribution in [0.5, 0.6) is 0 Å². The van der Waals surface area contributed by atoms with Crippen LogP contribution in [0, 0.1) is 5.92 Å². The number of piperazine rings is 1. The van der Waals surface area contributed by atoms with Gasteiger partial charge < -0.3 is 15.1 Å². The molecule has 0 aliphatic carbocycles. The number of pyridine rings is 2. The number of anilines is 2. The lowest BCUT2D eigenvalue weighted by Gasteiger charge is -2.39. The number of urea groups is 1. The van der Waals surface area contributed by atoms with Gasteiger partial charge >= 0.3 is 6.03 Å². The van der Waals surface area contributed by atoms with Gasteiger partial charge in [-0.1, -0.05) is 24.3 Å². The van der Waals surface area contributed by atoms with Crippen molar-refractivity contribution in [2.24, 2.45) is 5.92 Å². The third-order valence-corrected chi connectivity index (χ3v) is 6.66. The Morgan fingerprint density at radius 2 is 1.75 bits per heavy atom. The van der Waals surface area contributed by atoms with E-state index in [4.69, 9.17) is 0 Å². The highest BCUT2D eigenvalue weighted by Crippen LogP contribution is 2.26. The molecule has 7 heteroatoms. The SMILES string of the molecule is O=C(Nc1cccnc1)N1CCC(CN2CCN(c3nccc4ccccc34)CC2)CC1. The van der Waals surface area contributed by atoms with E-state index in [2.05, 4.69) is 55.4 Å². The summed E-state index contributed by atoms with van der Waals surface area (Å²) >= 11 is 0. The number of rotatable bonds is 4. The quantitative estimate of drug-likeness (QED) is 0.684. The first kappa shape index (κ1) is 20.7. The van der Waals surface area contributed by atoms with Gasteiger partial charge in [-0.05, 0) is 42.3 Å². The Labute approximate surface area is 189 Å². The van der Waals surface area contributed by atoms with Gasteiger partial charge in [0.15, 0.2) is 0 Å². The molecule has 0 unspecified atom stereocenters. The van der Waals surface area contributed by atoms with Crippen LogP contribution in [0.2, 0.25) is 0 Å². The van der Waals surface area contributed by atoms with Crippen molar-refractivity contribution in [3.05, 3.63) is 61.1 Å². The summed E-state index contributed by atoms with van der Waals surface area (Å²) in [4.78, 5) is 28.2. The van der Waals surface area contributed by atoms with Gasteiger partial charge in [0.1, 0.15) is 5.82 Å². The molecule has 7 nitrogen and oxygen atoms in total. The second kappa shape index (κ2) is 9.53. The van der Waals surface area contributed by atoms with Gasteiger partial charge in [0, 0.05) is 63.6 Å². The zero-order chi connectivity index (χ0) is 21.8. The fraction of sp³-hybridized carbons (Fsp3) is 0.400. The van der Waals surface area contributed by atoms with E-state index >= 15 is 0 Å². The fourth-order valence-corrected chi connectivity index (χ4v) is 4.82. The Balaban J connectivity index is 1.09. The lowest BCUT2D eigenvalue weighted by atomic mass is 9.96. The maximum atomic E-state index is 12.5. The lowest BCUT2D eigenvalue weighted by molar-refractivity contribution is 0.150. The van der Waals surface area contributed by atoms with Crippen LogP contribution in [0.4, 0.5) is 16.3 Å². The van der Waals surface area contributed by atoms with Crippen LogP contribution >= 0.6 is 0 Å². The van der Waals surface area contributed by atoms with Gasteiger partial charge in [-0.2, -0.15) is 0 Å². The number of carbonyl (C=O) groups excluding carboxylic acids is 1. The number of nitrogens with one attached hydrogen (secondary N) is 1. The van der Waals surface area contributed by atoms with Crippen LogP contribution in [0.1, 0.15) is 12.8 Å². The van der Waals surface area contributed by atoms with Crippen LogP contribution in [0.15, 0.2) is 61.1 Å². The standard InChI is InChI=1S/C25H30N6O/c32-25(28-22-5-3-10-26-18-22)31-12-8-20(9-13-31)19-29-14-16-30(17-15-29)24-23-6-2-1-4-21(23)7-11-27-24/h1-7,10-11,18,20H,8-9,12-17,19H2,(H,28,32). The average molecular weight is 431 g/mol. The molecule has 2 aromatic heterocycles. The molecule has 0 saturated carbocycles. The Bertz CT molecular complexity index is 1040. The molecule has 1 N–H and O–H groups in total. The van der Waals surface area contributed by atoms with E-state index in [0.717, 1.165) is 70.2 Å². The van der Waals surface area contributed by atoms with Gasteiger partial charge in [-0.3, -0.25) is 9.88 Å². The van der Waals surface area contributed by atoms with E-state index in [1.807, 2.05) is 23.2 Å². The average Bonchev–Trinajstić information content (AvgIpc) is 2.85. The molecule has 0 bridgehead atoms. The Hall–Kier alpha value is -3.19. The first-order valence-corrected chi connectivity index (χ1v) is 11.5. The Morgan fingerprint density at radius 3 is 2.53 bits per heavy atom. The minimum atomic E-state index is -0.0207. The number of benzene rings is 1. The fourth-order valence-electron chi connectivity index (χ4n) is 4.82. The van der Waals surface area contributed by atoms with E-state index in [9.17, 15) is 4.79 Å². The number of hydrogen-bond donors (Lipinski definition) is 1. The van der Waals surface area contributed by atoms with Crippen molar-refractivity contribution >= 4 is 28.3 Å². The number of piperidine rings is 1. The van der Waals surface area contributed by atoms with Crippen LogP contribution in [0.3, 0.4) is 0 Å². The molecule has 166 valence electrons. The monoisotopic (exact) mass is 430 g/mol. The van der Waals surface area contributed by atoms with Gasteiger partial charge in [-0.25, -0.2) is 9.78 Å². The highest BCUT2D eigenvalue weighted by atomic mass is 16.2. The minimum Gasteiger partial charge on any atom is -0.354 e. The van der Waals surface area contributed by atoms with Crippen molar-refractivity contribution in [3.8, 4) is 0 Å². The van der Waals surface area contributed by atoms with Crippen molar-refractivity contribution in [2.45, 2.75) is 12.8 Å². The molecule has 1 aromatic carbocycles. The number of likely N-dealkylation sites (tertiary alicyclic amines) is 1.